The van der Waals surface area contributed by atoms with E-state index in [0.717, 1.165) is 0 Å². The predicted molar refractivity (Wildman–Crippen MR) is 69.5 cm³/mol. The van der Waals surface area contributed by atoms with Gasteiger partial charge in [0.2, 0.25) is 0 Å². The predicted octanol–water partition coefficient (Wildman–Crippen LogP) is 2.12. The molecule has 5 nitrogen and oxygen atoms in total. The first kappa shape index (κ1) is 13.1. The highest BCUT2D eigenvalue weighted by molar-refractivity contribution is 5.78. The van der Waals surface area contributed by atoms with Crippen molar-refractivity contribution < 1.29 is 9.53 Å². The summed E-state index contributed by atoms with van der Waals surface area (Å²) in [6, 6.07) is 7.55. The molecule has 2 aromatic rings. The Morgan fingerprint density at radius 3 is 2.79 bits per heavy atom. The summed E-state index contributed by atoms with van der Waals surface area (Å²) in [5.41, 5.74) is 1.03. The average Bonchev–Trinajstić information content (AvgIpc) is 2.77. The maximum absolute atomic E-state index is 11.9. The number of methoxy groups -OCH3 is 1. The van der Waals surface area contributed by atoms with Crippen LogP contribution in [0.1, 0.15) is 31.3 Å². The van der Waals surface area contributed by atoms with Crippen LogP contribution in [0.4, 0.5) is 0 Å². The number of ether oxygens (including phenoxy) is 1. The van der Waals surface area contributed by atoms with Crippen molar-refractivity contribution >= 4 is 11.5 Å². The first-order valence-electron chi connectivity index (χ1n) is 6.05. The molecule has 2 aromatic heterocycles. The summed E-state index contributed by atoms with van der Waals surface area (Å²) in [4.78, 5) is 16.2. The van der Waals surface area contributed by atoms with Crippen LogP contribution < -0.4 is 0 Å². The van der Waals surface area contributed by atoms with E-state index in [1.54, 1.807) is 10.6 Å². The summed E-state index contributed by atoms with van der Waals surface area (Å²) in [7, 11) is 1.36. The fraction of sp³-hybridized carbons (Fsp3) is 0.357. The van der Waals surface area contributed by atoms with Gasteiger partial charge < -0.3 is 9.14 Å². The third-order valence-corrected chi connectivity index (χ3v) is 3.08. The van der Waals surface area contributed by atoms with Crippen LogP contribution in [0.25, 0.3) is 5.52 Å². The molecular formula is C14H15N3O2. The minimum Gasteiger partial charge on any atom is -0.468 e. The van der Waals surface area contributed by atoms with E-state index in [1.165, 1.54) is 7.11 Å². The summed E-state index contributed by atoms with van der Waals surface area (Å²) >= 11 is 0. The highest BCUT2D eigenvalue weighted by Gasteiger charge is 2.30. The number of pyridine rings is 1. The lowest BCUT2D eigenvalue weighted by Gasteiger charge is -2.17. The SMILES string of the molecule is COC(=O)C(c1nc(C#N)c2ccccn12)C(C)C. The number of hydrogen-bond donors (Lipinski definition) is 0. The Labute approximate surface area is 111 Å². The smallest absolute Gasteiger partial charge is 0.316 e. The minimum absolute atomic E-state index is 0.0322. The molecule has 0 radical (unpaired) electrons. The van der Waals surface area contributed by atoms with Crippen LogP contribution in [-0.4, -0.2) is 22.5 Å². The Balaban J connectivity index is 2.67. The normalized spacial score (nSPS) is 12.4. The van der Waals surface area contributed by atoms with Gasteiger partial charge in [-0.05, 0) is 18.1 Å². The van der Waals surface area contributed by atoms with Gasteiger partial charge in [0.15, 0.2) is 5.69 Å². The molecule has 0 aliphatic rings. The zero-order valence-electron chi connectivity index (χ0n) is 11.1. The number of rotatable bonds is 3. The van der Waals surface area contributed by atoms with Crippen molar-refractivity contribution in [1.29, 1.82) is 5.26 Å². The summed E-state index contributed by atoms with van der Waals surface area (Å²) in [5.74, 6) is -0.240. The van der Waals surface area contributed by atoms with Gasteiger partial charge in [-0.1, -0.05) is 19.9 Å². The van der Waals surface area contributed by atoms with Crippen LogP contribution in [0.15, 0.2) is 24.4 Å². The minimum atomic E-state index is -0.484. The Bertz CT molecular complexity index is 652. The van der Waals surface area contributed by atoms with Crippen LogP contribution in [0, 0.1) is 17.2 Å². The number of imidazole rings is 1. The van der Waals surface area contributed by atoms with E-state index in [0.29, 0.717) is 17.0 Å². The highest BCUT2D eigenvalue weighted by atomic mass is 16.5. The summed E-state index contributed by atoms with van der Waals surface area (Å²) in [6.45, 7) is 3.86. The second-order valence-corrected chi connectivity index (χ2v) is 4.63. The fourth-order valence-corrected chi connectivity index (χ4v) is 2.17. The Morgan fingerprint density at radius 2 is 2.21 bits per heavy atom. The molecule has 0 fully saturated rings. The molecule has 0 aliphatic carbocycles. The summed E-state index contributed by atoms with van der Waals surface area (Å²) < 4.78 is 6.62. The number of esters is 1. The second kappa shape index (κ2) is 5.11. The zero-order chi connectivity index (χ0) is 14.0. The summed E-state index contributed by atoms with van der Waals surface area (Å²) in [5, 5.41) is 9.12. The van der Waals surface area contributed by atoms with Crippen molar-refractivity contribution in [3.63, 3.8) is 0 Å². The molecule has 5 heteroatoms. The van der Waals surface area contributed by atoms with Gasteiger partial charge in [0, 0.05) is 6.20 Å². The quantitative estimate of drug-likeness (QED) is 0.790. The molecule has 0 saturated carbocycles. The van der Waals surface area contributed by atoms with Gasteiger partial charge in [0.25, 0.3) is 0 Å². The second-order valence-electron chi connectivity index (χ2n) is 4.63. The molecule has 0 spiro atoms. The first-order valence-corrected chi connectivity index (χ1v) is 6.05. The number of aromatic nitrogens is 2. The number of carbonyl (C=O) groups is 1. The van der Waals surface area contributed by atoms with Gasteiger partial charge in [-0.3, -0.25) is 4.79 Å². The van der Waals surface area contributed by atoms with Crippen molar-refractivity contribution in [1.82, 2.24) is 9.38 Å². The highest BCUT2D eigenvalue weighted by Crippen LogP contribution is 2.27. The Kier molecular flexibility index (Phi) is 3.52. The van der Waals surface area contributed by atoms with Crippen LogP contribution in [-0.2, 0) is 9.53 Å². The molecule has 1 unspecified atom stereocenters. The zero-order valence-corrected chi connectivity index (χ0v) is 11.1. The molecule has 19 heavy (non-hydrogen) atoms. The molecule has 0 amide bonds. The van der Waals surface area contributed by atoms with Gasteiger partial charge >= 0.3 is 5.97 Å². The van der Waals surface area contributed by atoms with Crippen molar-refractivity contribution in [2.24, 2.45) is 5.92 Å². The largest absolute Gasteiger partial charge is 0.468 e. The number of carbonyl (C=O) groups excluding carboxylic acids is 1. The summed E-state index contributed by atoms with van der Waals surface area (Å²) in [6.07, 6.45) is 1.80. The third kappa shape index (κ3) is 2.17. The number of nitrogens with zero attached hydrogens (tertiary/aromatic N) is 3. The third-order valence-electron chi connectivity index (χ3n) is 3.08. The number of nitriles is 1. The van der Waals surface area contributed by atoms with Gasteiger partial charge in [-0.15, -0.1) is 0 Å². The van der Waals surface area contributed by atoms with Crippen molar-refractivity contribution in [2.75, 3.05) is 7.11 Å². The molecule has 0 aliphatic heterocycles. The standard InChI is InChI=1S/C14H15N3O2/c1-9(2)12(14(18)19-3)13-16-10(8-15)11-6-4-5-7-17(11)13/h4-7,9,12H,1-3H3. The van der Waals surface area contributed by atoms with Gasteiger partial charge in [-0.2, -0.15) is 5.26 Å². The maximum Gasteiger partial charge on any atom is 0.316 e. The van der Waals surface area contributed by atoms with Crippen LogP contribution in [0.3, 0.4) is 0 Å². The lowest BCUT2D eigenvalue weighted by Crippen LogP contribution is -2.22. The molecule has 2 rings (SSSR count). The van der Waals surface area contributed by atoms with E-state index in [2.05, 4.69) is 11.1 Å². The monoisotopic (exact) mass is 257 g/mol. The van der Waals surface area contributed by atoms with Gasteiger partial charge in [0.1, 0.15) is 17.8 Å². The topological polar surface area (TPSA) is 67.4 Å². The van der Waals surface area contributed by atoms with Gasteiger partial charge in [-0.25, -0.2) is 4.98 Å². The molecule has 98 valence electrons. The van der Waals surface area contributed by atoms with Gasteiger partial charge in [0.05, 0.1) is 12.6 Å². The Morgan fingerprint density at radius 1 is 1.47 bits per heavy atom. The number of fused-ring (bicyclic) bond motifs is 1. The molecule has 0 aromatic carbocycles. The molecular weight excluding hydrogens is 242 g/mol. The fourth-order valence-electron chi connectivity index (χ4n) is 2.17. The van der Waals surface area contributed by atoms with E-state index in [1.807, 2.05) is 32.0 Å². The van der Waals surface area contributed by atoms with E-state index < -0.39 is 5.92 Å². The Hall–Kier alpha value is -2.35. The lowest BCUT2D eigenvalue weighted by atomic mass is 9.95. The van der Waals surface area contributed by atoms with E-state index in [4.69, 9.17) is 10.00 Å². The van der Waals surface area contributed by atoms with Crippen LogP contribution in [0.2, 0.25) is 0 Å². The average molecular weight is 257 g/mol. The molecule has 2 heterocycles. The van der Waals surface area contributed by atoms with E-state index in [9.17, 15) is 4.79 Å². The van der Waals surface area contributed by atoms with Crippen molar-refractivity contribution in [3.05, 3.63) is 35.9 Å². The molecule has 0 bridgehead atoms. The number of hydrogen-bond acceptors (Lipinski definition) is 4. The van der Waals surface area contributed by atoms with Crippen LogP contribution >= 0.6 is 0 Å². The van der Waals surface area contributed by atoms with E-state index >= 15 is 0 Å². The van der Waals surface area contributed by atoms with E-state index in [-0.39, 0.29) is 11.9 Å². The lowest BCUT2D eigenvalue weighted by molar-refractivity contribution is -0.143. The molecule has 0 saturated heterocycles. The first-order chi connectivity index (χ1) is 9.10. The van der Waals surface area contributed by atoms with Crippen molar-refractivity contribution in [2.45, 2.75) is 19.8 Å². The molecule has 1 atom stereocenters. The maximum atomic E-state index is 11.9. The van der Waals surface area contributed by atoms with Crippen LogP contribution in [0.5, 0.6) is 0 Å². The molecule has 0 N–H and O–H groups in total. The van der Waals surface area contributed by atoms with Crippen molar-refractivity contribution in [3.8, 4) is 6.07 Å².